The Morgan fingerprint density at radius 3 is 1.43 bits per heavy atom. The quantitative estimate of drug-likeness (QED) is 0.655. The molecule has 0 spiro atoms. The second-order valence-corrected chi connectivity index (χ2v) is 18.3. The van der Waals surface area contributed by atoms with Gasteiger partial charge in [0.15, 0.2) is 0 Å². The minimum absolute atomic E-state index is 0.954. The second kappa shape index (κ2) is 4.95. The van der Waals surface area contributed by atoms with Gasteiger partial charge in [-0.25, -0.2) is 0 Å². The topological polar surface area (TPSA) is 3.24 Å². The van der Waals surface area contributed by atoms with E-state index in [1.165, 1.54) is 13.0 Å². The Balaban J connectivity index is 4.44. The number of hydrogen-bond acceptors (Lipinski definition) is 1. The van der Waals surface area contributed by atoms with Crippen molar-refractivity contribution in [1.29, 1.82) is 0 Å². The van der Waals surface area contributed by atoms with Gasteiger partial charge in [0.25, 0.3) is 0 Å². The van der Waals surface area contributed by atoms with Crippen molar-refractivity contribution in [1.82, 2.24) is 4.90 Å². The molecule has 0 saturated carbocycles. The monoisotopic (exact) mass is 231 g/mol. The van der Waals surface area contributed by atoms with Crippen LogP contribution in [0.5, 0.6) is 0 Å². The molecule has 0 heterocycles. The van der Waals surface area contributed by atoms with Crippen LogP contribution in [0.1, 0.15) is 6.42 Å². The average Bonchev–Trinajstić information content (AvgIpc) is 1.78. The summed E-state index contributed by atoms with van der Waals surface area (Å²) in [5.74, 6) is 0. The zero-order valence-electron chi connectivity index (χ0n) is 11.4. The lowest BCUT2D eigenvalue weighted by atomic mass is 10.4. The molecular formula is C11H29NSi2. The largest absolute Gasteiger partial charge is 0.309 e. The van der Waals surface area contributed by atoms with E-state index in [0.717, 1.165) is 5.16 Å². The summed E-state index contributed by atoms with van der Waals surface area (Å²) in [5, 5.41) is 1.05. The van der Waals surface area contributed by atoms with E-state index < -0.39 is 16.1 Å². The first-order valence-corrected chi connectivity index (χ1v) is 12.9. The maximum atomic E-state index is 2.53. The molecular weight excluding hydrogens is 202 g/mol. The summed E-state index contributed by atoms with van der Waals surface area (Å²) in [6.45, 7) is 16.5. The van der Waals surface area contributed by atoms with Crippen LogP contribution in [0.25, 0.3) is 0 Å². The van der Waals surface area contributed by atoms with Crippen molar-refractivity contribution in [3.05, 3.63) is 0 Å². The maximum absolute atomic E-state index is 2.53. The van der Waals surface area contributed by atoms with Crippen molar-refractivity contribution in [2.75, 3.05) is 20.6 Å². The van der Waals surface area contributed by atoms with Crippen molar-refractivity contribution in [2.45, 2.75) is 50.9 Å². The zero-order chi connectivity index (χ0) is 11.6. The predicted octanol–water partition coefficient (Wildman–Crippen LogP) is 3.52. The molecule has 1 nitrogen and oxygen atoms in total. The summed E-state index contributed by atoms with van der Waals surface area (Å²) in [6, 6.07) is 0. The number of rotatable bonds is 5. The van der Waals surface area contributed by atoms with E-state index in [1.807, 2.05) is 0 Å². The van der Waals surface area contributed by atoms with Gasteiger partial charge in [0.2, 0.25) is 0 Å². The number of hydrogen-bond donors (Lipinski definition) is 0. The van der Waals surface area contributed by atoms with Crippen LogP contribution in [-0.2, 0) is 0 Å². The predicted molar refractivity (Wildman–Crippen MR) is 73.6 cm³/mol. The van der Waals surface area contributed by atoms with E-state index in [2.05, 4.69) is 58.3 Å². The molecule has 0 saturated heterocycles. The van der Waals surface area contributed by atoms with Crippen LogP contribution in [0.3, 0.4) is 0 Å². The SMILES string of the molecule is CN(C)CCC([Si](C)(C)C)[Si](C)(C)C. The molecule has 0 atom stereocenters. The van der Waals surface area contributed by atoms with Gasteiger partial charge in [-0.05, 0) is 32.2 Å². The lowest BCUT2D eigenvalue weighted by Gasteiger charge is -2.39. The van der Waals surface area contributed by atoms with Crippen LogP contribution >= 0.6 is 0 Å². The Bertz CT molecular complexity index is 151. The summed E-state index contributed by atoms with van der Waals surface area (Å²) in [5.41, 5.74) is 0. The van der Waals surface area contributed by atoms with Gasteiger partial charge >= 0.3 is 0 Å². The van der Waals surface area contributed by atoms with Gasteiger partial charge in [-0.15, -0.1) is 0 Å². The Morgan fingerprint density at radius 2 is 1.21 bits per heavy atom. The molecule has 0 fully saturated rings. The molecule has 0 amide bonds. The highest BCUT2D eigenvalue weighted by Gasteiger charge is 2.36. The van der Waals surface area contributed by atoms with Crippen LogP contribution in [0.15, 0.2) is 0 Å². The second-order valence-electron chi connectivity index (χ2n) is 6.88. The summed E-state index contributed by atoms with van der Waals surface area (Å²) in [6.07, 6.45) is 1.42. The van der Waals surface area contributed by atoms with Crippen LogP contribution in [0.2, 0.25) is 44.4 Å². The van der Waals surface area contributed by atoms with Gasteiger partial charge in [0.1, 0.15) is 0 Å². The minimum Gasteiger partial charge on any atom is -0.309 e. The molecule has 0 radical (unpaired) electrons. The van der Waals surface area contributed by atoms with Gasteiger partial charge in [-0.3, -0.25) is 0 Å². The Morgan fingerprint density at radius 1 is 0.857 bits per heavy atom. The molecule has 0 aliphatic rings. The fraction of sp³-hybridized carbons (Fsp3) is 1.00. The summed E-state index contributed by atoms with van der Waals surface area (Å²) < 4.78 is 0. The Hall–Kier alpha value is 0.394. The van der Waals surface area contributed by atoms with Gasteiger partial charge in [0.05, 0.1) is 0 Å². The van der Waals surface area contributed by atoms with E-state index >= 15 is 0 Å². The van der Waals surface area contributed by atoms with Crippen LogP contribution in [0, 0.1) is 0 Å². The molecule has 3 heteroatoms. The molecule has 0 aromatic rings. The highest BCUT2D eigenvalue weighted by atomic mass is 28.4. The standard InChI is InChI=1S/C11H29NSi2/c1-12(2)10-9-11(13(3,4)5)14(6,7)8/h11H,9-10H2,1-8H3. The summed E-state index contributed by atoms with van der Waals surface area (Å²) in [4.78, 5) is 2.33. The smallest absolute Gasteiger partial charge is 0.0447 e. The molecule has 0 aromatic carbocycles. The molecule has 0 rings (SSSR count). The Kier molecular flexibility index (Phi) is 5.09. The number of nitrogens with zero attached hydrogens (tertiary/aromatic N) is 1. The third-order valence-corrected chi connectivity index (χ3v) is 12.9. The van der Waals surface area contributed by atoms with Crippen LogP contribution in [0.4, 0.5) is 0 Å². The van der Waals surface area contributed by atoms with E-state index in [-0.39, 0.29) is 0 Å². The van der Waals surface area contributed by atoms with Crippen molar-refractivity contribution in [2.24, 2.45) is 0 Å². The first-order valence-electron chi connectivity index (χ1n) is 5.70. The fourth-order valence-electron chi connectivity index (χ4n) is 2.55. The molecule has 0 aliphatic heterocycles. The lowest BCUT2D eigenvalue weighted by Crippen LogP contribution is -2.44. The Labute approximate surface area is 92.9 Å². The van der Waals surface area contributed by atoms with E-state index in [0.29, 0.717) is 0 Å². The van der Waals surface area contributed by atoms with Gasteiger partial charge in [-0.1, -0.05) is 39.3 Å². The minimum atomic E-state index is -0.954. The molecule has 0 N–H and O–H groups in total. The lowest BCUT2D eigenvalue weighted by molar-refractivity contribution is 0.403. The molecule has 0 aliphatic carbocycles. The van der Waals surface area contributed by atoms with Gasteiger partial charge < -0.3 is 4.90 Å². The molecule has 14 heavy (non-hydrogen) atoms. The van der Waals surface area contributed by atoms with Crippen molar-refractivity contribution in [3.8, 4) is 0 Å². The highest BCUT2D eigenvalue weighted by molar-refractivity contribution is 6.96. The van der Waals surface area contributed by atoms with E-state index in [9.17, 15) is 0 Å². The highest BCUT2D eigenvalue weighted by Crippen LogP contribution is 2.34. The van der Waals surface area contributed by atoms with Crippen molar-refractivity contribution >= 4 is 16.1 Å². The summed E-state index contributed by atoms with van der Waals surface area (Å²) >= 11 is 0. The summed E-state index contributed by atoms with van der Waals surface area (Å²) in [7, 11) is 2.46. The first kappa shape index (κ1) is 14.4. The normalized spacial score (nSPS) is 14.1. The van der Waals surface area contributed by atoms with E-state index in [1.54, 1.807) is 0 Å². The zero-order valence-corrected chi connectivity index (χ0v) is 13.4. The van der Waals surface area contributed by atoms with Gasteiger partial charge in [-0.2, -0.15) is 0 Å². The van der Waals surface area contributed by atoms with Crippen molar-refractivity contribution in [3.63, 3.8) is 0 Å². The first-order chi connectivity index (χ1) is 6.05. The van der Waals surface area contributed by atoms with Crippen molar-refractivity contribution < 1.29 is 0 Å². The molecule has 0 unspecified atom stereocenters. The van der Waals surface area contributed by atoms with Crippen LogP contribution in [-0.4, -0.2) is 41.7 Å². The molecule has 0 bridgehead atoms. The molecule has 0 aromatic heterocycles. The van der Waals surface area contributed by atoms with E-state index in [4.69, 9.17) is 0 Å². The third-order valence-electron chi connectivity index (χ3n) is 2.96. The maximum Gasteiger partial charge on any atom is 0.0447 e. The fourth-order valence-corrected chi connectivity index (χ4v) is 14.9. The molecule has 86 valence electrons. The van der Waals surface area contributed by atoms with Gasteiger partial charge in [0, 0.05) is 16.1 Å². The third kappa shape index (κ3) is 5.32. The average molecular weight is 232 g/mol. The van der Waals surface area contributed by atoms with Crippen LogP contribution < -0.4 is 0 Å².